The largest absolute Gasteiger partial charge is 0.478 e. The van der Waals surface area contributed by atoms with E-state index >= 15 is 0 Å². The zero-order valence-corrected chi connectivity index (χ0v) is 23.5. The first-order valence-electron chi connectivity index (χ1n) is 13.0. The molecule has 3 N–H and O–H groups in total. The second-order valence-corrected chi connectivity index (χ2v) is 11.3. The van der Waals surface area contributed by atoms with E-state index in [1.807, 2.05) is 0 Å². The zero-order chi connectivity index (χ0) is 29.5. The number of hydrogen-bond donors (Lipinski definition) is 3. The monoisotopic (exact) mass is 610 g/mol. The maximum absolute atomic E-state index is 14.4. The number of aliphatic carboxylic acids is 1. The predicted octanol–water partition coefficient (Wildman–Crippen LogP) is 3.69. The Kier molecular flexibility index (Phi) is 7.39. The van der Waals surface area contributed by atoms with Crippen LogP contribution in [0.2, 0.25) is 5.02 Å². The number of carboxylic acids is 2. The summed E-state index contributed by atoms with van der Waals surface area (Å²) in [5.41, 5.74) is 1.31. The molecule has 3 aromatic rings. The molecule has 4 heterocycles. The van der Waals surface area contributed by atoms with Crippen molar-refractivity contribution in [1.29, 1.82) is 0 Å². The van der Waals surface area contributed by atoms with Crippen molar-refractivity contribution in [3.63, 3.8) is 0 Å². The van der Waals surface area contributed by atoms with E-state index in [9.17, 15) is 29.0 Å². The quantitative estimate of drug-likeness (QED) is 0.368. The second kappa shape index (κ2) is 11.2. The fraction of sp³-hybridized carbons (Fsp3) is 0.250. The van der Waals surface area contributed by atoms with Crippen molar-refractivity contribution in [1.82, 2.24) is 20.1 Å². The van der Waals surface area contributed by atoms with Gasteiger partial charge in [0.15, 0.2) is 10.8 Å². The lowest BCUT2D eigenvalue weighted by Crippen LogP contribution is -2.53. The molecule has 0 bridgehead atoms. The number of aromatic nitrogens is 1. The van der Waals surface area contributed by atoms with Gasteiger partial charge in [0.05, 0.1) is 22.2 Å². The number of anilines is 1. The van der Waals surface area contributed by atoms with Crippen LogP contribution in [0.5, 0.6) is 0 Å². The Morgan fingerprint density at radius 2 is 1.88 bits per heavy atom. The first-order chi connectivity index (χ1) is 20.2. The van der Waals surface area contributed by atoms with Gasteiger partial charge in [0, 0.05) is 61.2 Å². The number of carboxylic acid groups (broad SMARTS) is 2. The fourth-order valence-corrected chi connectivity index (χ4v) is 6.33. The van der Waals surface area contributed by atoms with E-state index in [-0.39, 0.29) is 40.3 Å². The number of amides is 2. The van der Waals surface area contributed by atoms with Gasteiger partial charge in [-0.3, -0.25) is 14.8 Å². The number of urea groups is 1. The van der Waals surface area contributed by atoms with Crippen LogP contribution in [0, 0.1) is 5.82 Å². The van der Waals surface area contributed by atoms with Crippen LogP contribution in [0.3, 0.4) is 0 Å². The normalized spacial score (nSPS) is 20.8. The molecule has 0 saturated carbocycles. The molecule has 1 aromatic heterocycles. The summed E-state index contributed by atoms with van der Waals surface area (Å²) in [5, 5.41) is 24.8. The number of hydrogen-bond acceptors (Lipinski definition) is 8. The van der Waals surface area contributed by atoms with Crippen molar-refractivity contribution in [2.75, 3.05) is 37.6 Å². The Bertz CT molecular complexity index is 1630. The zero-order valence-electron chi connectivity index (χ0n) is 21.9. The van der Waals surface area contributed by atoms with Gasteiger partial charge in [-0.1, -0.05) is 23.7 Å². The van der Waals surface area contributed by atoms with Gasteiger partial charge in [-0.25, -0.2) is 23.8 Å². The van der Waals surface area contributed by atoms with Crippen molar-refractivity contribution in [3.05, 3.63) is 92.3 Å². The van der Waals surface area contributed by atoms with E-state index in [4.69, 9.17) is 11.6 Å². The summed E-state index contributed by atoms with van der Waals surface area (Å²) in [4.78, 5) is 51.4. The third-order valence-corrected chi connectivity index (χ3v) is 8.69. The van der Waals surface area contributed by atoms with Gasteiger partial charge in [0.1, 0.15) is 11.9 Å². The van der Waals surface area contributed by atoms with Crippen molar-refractivity contribution >= 4 is 52.4 Å². The van der Waals surface area contributed by atoms with E-state index in [1.54, 1.807) is 39.6 Å². The number of nitrogens with zero attached hydrogens (tertiary/aromatic N) is 5. The third kappa shape index (κ3) is 5.10. The Balaban J connectivity index is 1.27. The van der Waals surface area contributed by atoms with Crippen molar-refractivity contribution in [3.8, 4) is 0 Å². The Morgan fingerprint density at radius 3 is 2.57 bits per heavy atom. The van der Waals surface area contributed by atoms with Crippen LogP contribution in [-0.2, 0) is 4.79 Å². The number of fused-ring (bicyclic) bond motifs is 1. The standard InChI is InChI=1S/C28H24ClFN6O5S/c29-22-18(2-1-3-19(22)30)23-21(27(39)40)20(32-24(33-23)25-31-8-11-42-25)14-34-9-10-35-17(12-34)13-36(28(35)41)16-6-4-15(5-7-16)26(37)38/h1-8,11,17,23H,9-10,12-14H2,(H,32,33)(H,37,38)(H,39,40)/t17-,23-/m0/s1. The molecule has 0 spiro atoms. The average Bonchev–Trinajstić information content (AvgIpc) is 3.62. The van der Waals surface area contributed by atoms with E-state index in [0.717, 1.165) is 0 Å². The molecule has 2 fully saturated rings. The maximum atomic E-state index is 14.4. The summed E-state index contributed by atoms with van der Waals surface area (Å²) in [6, 6.07) is 8.99. The molecule has 2 saturated heterocycles. The Hall–Kier alpha value is -4.33. The topological polar surface area (TPSA) is 139 Å². The van der Waals surface area contributed by atoms with Crippen LogP contribution in [0.4, 0.5) is 14.9 Å². The molecule has 0 unspecified atom stereocenters. The smallest absolute Gasteiger partial charge is 0.335 e. The number of benzene rings is 2. The fourth-order valence-electron chi connectivity index (χ4n) is 5.52. The molecule has 6 rings (SSSR count). The molecule has 11 nitrogen and oxygen atoms in total. The lowest BCUT2D eigenvalue weighted by atomic mass is 9.95. The van der Waals surface area contributed by atoms with E-state index < -0.39 is 23.8 Å². The number of aromatic carboxylic acids is 1. The van der Waals surface area contributed by atoms with Gasteiger partial charge < -0.3 is 20.4 Å². The Morgan fingerprint density at radius 1 is 1.10 bits per heavy atom. The first kappa shape index (κ1) is 27.8. The number of carbonyl (C=O) groups is 3. The van der Waals surface area contributed by atoms with Crippen molar-refractivity contribution in [2.24, 2.45) is 4.99 Å². The highest BCUT2D eigenvalue weighted by atomic mass is 35.5. The molecular weight excluding hydrogens is 587 g/mol. The molecule has 2 amide bonds. The van der Waals surface area contributed by atoms with Gasteiger partial charge >= 0.3 is 18.0 Å². The molecular formula is C28H24ClFN6O5S. The lowest BCUT2D eigenvalue weighted by Gasteiger charge is -2.37. The minimum absolute atomic E-state index is 0.0483. The number of amidine groups is 1. The molecule has 3 aliphatic rings. The van der Waals surface area contributed by atoms with Crippen LogP contribution >= 0.6 is 22.9 Å². The van der Waals surface area contributed by atoms with Crippen LogP contribution < -0.4 is 10.2 Å². The van der Waals surface area contributed by atoms with E-state index in [0.29, 0.717) is 48.4 Å². The number of nitrogens with one attached hydrogen (secondary N) is 1. The van der Waals surface area contributed by atoms with Gasteiger partial charge in [-0.05, 0) is 30.3 Å². The number of carbonyl (C=O) groups excluding carboxylic acids is 1. The van der Waals surface area contributed by atoms with E-state index in [2.05, 4.69) is 20.2 Å². The third-order valence-electron chi connectivity index (χ3n) is 7.51. The average molecular weight is 611 g/mol. The summed E-state index contributed by atoms with van der Waals surface area (Å²) in [7, 11) is 0. The summed E-state index contributed by atoms with van der Waals surface area (Å²) in [6.45, 7) is 1.99. The number of thiazole rings is 1. The molecule has 14 heteroatoms. The maximum Gasteiger partial charge on any atom is 0.335 e. The number of halogens is 2. The van der Waals surface area contributed by atoms with Crippen molar-refractivity contribution < 1.29 is 29.0 Å². The SMILES string of the molecule is O=C(O)C1=C(CN2CCN3C(=O)N(c4ccc(C(=O)O)cc4)C[C@@H]3C2)NC(c2nccs2)=N[C@H]1c1cccc(F)c1Cl. The van der Waals surface area contributed by atoms with Crippen LogP contribution in [0.25, 0.3) is 0 Å². The summed E-state index contributed by atoms with van der Waals surface area (Å²) in [5.74, 6) is -2.57. The van der Waals surface area contributed by atoms with Gasteiger partial charge in [-0.15, -0.1) is 11.3 Å². The number of aliphatic imine (C=N–C) groups is 1. The molecule has 2 aromatic carbocycles. The van der Waals surface area contributed by atoms with Gasteiger partial charge in [0.25, 0.3) is 0 Å². The highest BCUT2D eigenvalue weighted by Gasteiger charge is 2.42. The van der Waals surface area contributed by atoms with Crippen LogP contribution in [0.1, 0.15) is 27.0 Å². The Labute approximate surface area is 248 Å². The minimum atomic E-state index is -1.21. The molecule has 216 valence electrons. The summed E-state index contributed by atoms with van der Waals surface area (Å²) < 4.78 is 14.4. The highest BCUT2D eigenvalue weighted by Crippen LogP contribution is 2.37. The highest BCUT2D eigenvalue weighted by molar-refractivity contribution is 7.11. The predicted molar refractivity (Wildman–Crippen MR) is 154 cm³/mol. The van der Waals surface area contributed by atoms with Crippen LogP contribution in [0.15, 0.2) is 70.3 Å². The number of rotatable bonds is 7. The van der Waals surface area contributed by atoms with Gasteiger partial charge in [0.2, 0.25) is 0 Å². The second-order valence-electron chi connectivity index (χ2n) is 10.0. The molecule has 0 aliphatic carbocycles. The molecule has 0 radical (unpaired) electrons. The van der Waals surface area contributed by atoms with Crippen LogP contribution in [-0.4, -0.2) is 87.6 Å². The molecule has 3 aliphatic heterocycles. The van der Waals surface area contributed by atoms with Gasteiger partial charge in [-0.2, -0.15) is 0 Å². The first-order valence-corrected chi connectivity index (χ1v) is 14.3. The minimum Gasteiger partial charge on any atom is -0.478 e. The molecule has 42 heavy (non-hydrogen) atoms. The summed E-state index contributed by atoms with van der Waals surface area (Å²) in [6.07, 6.45) is 1.61. The molecule has 2 atom stereocenters. The lowest BCUT2D eigenvalue weighted by molar-refractivity contribution is -0.133. The number of piperazine rings is 1. The van der Waals surface area contributed by atoms with E-state index in [1.165, 1.54) is 35.6 Å². The van der Waals surface area contributed by atoms with Crippen molar-refractivity contribution in [2.45, 2.75) is 12.1 Å². The summed E-state index contributed by atoms with van der Waals surface area (Å²) >= 11 is 7.62.